The van der Waals surface area contributed by atoms with E-state index in [0.717, 1.165) is 0 Å². The van der Waals surface area contributed by atoms with Gasteiger partial charge >= 0.3 is 0 Å². The van der Waals surface area contributed by atoms with Gasteiger partial charge in [0.1, 0.15) is 0 Å². The van der Waals surface area contributed by atoms with Gasteiger partial charge in [0.25, 0.3) is 0 Å². The first-order chi connectivity index (χ1) is 7.47. The average Bonchev–Trinajstić information content (AvgIpc) is 2.32. The topological polar surface area (TPSA) is 27.7 Å². The maximum absolute atomic E-state index is 5.51. The molecule has 0 fully saturated rings. The van der Waals surface area contributed by atoms with Crippen molar-refractivity contribution in [1.82, 2.24) is 0 Å². The first-order valence-corrected chi connectivity index (χ1v) is 5.27. The van der Waals surface area contributed by atoms with E-state index in [1.165, 1.54) is 11.1 Å². The van der Waals surface area contributed by atoms with Gasteiger partial charge in [0.15, 0.2) is 0 Å². The van der Waals surface area contributed by atoms with Crippen LogP contribution in [0.1, 0.15) is 11.1 Å². The SMILES string of the molecule is c1ccc2c(c1)COCCOCCOC2. The molecule has 15 heavy (non-hydrogen) atoms. The zero-order valence-corrected chi connectivity index (χ0v) is 8.78. The van der Waals surface area contributed by atoms with Gasteiger partial charge in [-0.1, -0.05) is 24.3 Å². The Balaban J connectivity index is 2.04. The maximum Gasteiger partial charge on any atom is 0.0721 e. The molecule has 1 heterocycles. The second-order valence-corrected chi connectivity index (χ2v) is 3.49. The molecule has 0 N–H and O–H groups in total. The van der Waals surface area contributed by atoms with Crippen LogP contribution in [0.2, 0.25) is 0 Å². The maximum atomic E-state index is 5.51. The summed E-state index contributed by atoms with van der Waals surface area (Å²) in [5, 5.41) is 0. The lowest BCUT2D eigenvalue weighted by molar-refractivity contribution is 0.0128. The molecule has 1 aliphatic rings. The van der Waals surface area contributed by atoms with E-state index in [1.807, 2.05) is 12.1 Å². The normalized spacial score (nSPS) is 18.9. The van der Waals surface area contributed by atoms with Crippen LogP contribution in [-0.4, -0.2) is 26.4 Å². The van der Waals surface area contributed by atoms with Crippen molar-refractivity contribution < 1.29 is 14.2 Å². The molecule has 1 aliphatic heterocycles. The monoisotopic (exact) mass is 208 g/mol. The van der Waals surface area contributed by atoms with Crippen LogP contribution in [0.4, 0.5) is 0 Å². The van der Waals surface area contributed by atoms with E-state index < -0.39 is 0 Å². The summed E-state index contributed by atoms with van der Waals surface area (Å²) < 4.78 is 16.3. The second-order valence-electron chi connectivity index (χ2n) is 3.49. The third-order valence-electron chi connectivity index (χ3n) is 2.38. The summed E-state index contributed by atoms with van der Waals surface area (Å²) in [6.45, 7) is 3.87. The number of hydrogen-bond donors (Lipinski definition) is 0. The van der Waals surface area contributed by atoms with Crippen molar-refractivity contribution in [3.63, 3.8) is 0 Å². The molecule has 1 aromatic carbocycles. The van der Waals surface area contributed by atoms with E-state index in [9.17, 15) is 0 Å². The van der Waals surface area contributed by atoms with Crippen molar-refractivity contribution in [3.8, 4) is 0 Å². The lowest BCUT2D eigenvalue weighted by Crippen LogP contribution is -2.07. The Morgan fingerprint density at radius 3 is 1.67 bits per heavy atom. The van der Waals surface area contributed by atoms with Gasteiger partial charge < -0.3 is 14.2 Å². The van der Waals surface area contributed by atoms with Gasteiger partial charge in [-0.15, -0.1) is 0 Å². The average molecular weight is 208 g/mol. The highest BCUT2D eigenvalue weighted by molar-refractivity contribution is 5.25. The van der Waals surface area contributed by atoms with Crippen LogP contribution >= 0.6 is 0 Å². The quantitative estimate of drug-likeness (QED) is 0.650. The Kier molecular flexibility index (Phi) is 4.14. The molecule has 2 rings (SSSR count). The van der Waals surface area contributed by atoms with Crippen LogP contribution in [0.25, 0.3) is 0 Å². The van der Waals surface area contributed by atoms with E-state index in [0.29, 0.717) is 39.6 Å². The summed E-state index contributed by atoms with van der Waals surface area (Å²) in [4.78, 5) is 0. The lowest BCUT2D eigenvalue weighted by Gasteiger charge is -2.08. The van der Waals surface area contributed by atoms with Gasteiger partial charge in [0.05, 0.1) is 39.6 Å². The van der Waals surface area contributed by atoms with E-state index in [2.05, 4.69) is 12.1 Å². The van der Waals surface area contributed by atoms with Crippen molar-refractivity contribution in [2.45, 2.75) is 13.2 Å². The molecule has 0 bridgehead atoms. The van der Waals surface area contributed by atoms with Crippen LogP contribution in [-0.2, 0) is 27.4 Å². The standard InChI is InChI=1S/C12H16O3/c1-2-4-12-10-15-8-6-13-5-7-14-9-11(12)3-1/h1-4H,5-10H2. The van der Waals surface area contributed by atoms with Gasteiger partial charge in [-0.3, -0.25) is 0 Å². The fourth-order valence-corrected chi connectivity index (χ4v) is 1.54. The smallest absolute Gasteiger partial charge is 0.0721 e. The molecular weight excluding hydrogens is 192 g/mol. The molecule has 3 heteroatoms. The van der Waals surface area contributed by atoms with E-state index >= 15 is 0 Å². The summed E-state index contributed by atoms with van der Waals surface area (Å²) in [6.07, 6.45) is 0. The Morgan fingerprint density at radius 2 is 1.13 bits per heavy atom. The van der Waals surface area contributed by atoms with Crippen molar-refractivity contribution in [2.75, 3.05) is 26.4 Å². The van der Waals surface area contributed by atoms with Gasteiger partial charge in [-0.25, -0.2) is 0 Å². The minimum absolute atomic E-state index is 0.642. The number of rotatable bonds is 0. The molecule has 0 saturated carbocycles. The second kappa shape index (κ2) is 5.85. The third kappa shape index (κ3) is 3.30. The number of ether oxygens (including phenoxy) is 3. The molecule has 0 saturated heterocycles. The van der Waals surface area contributed by atoms with Gasteiger partial charge in [-0.2, -0.15) is 0 Å². The molecule has 3 nitrogen and oxygen atoms in total. The summed E-state index contributed by atoms with van der Waals surface area (Å²) in [7, 11) is 0. The molecular formula is C12H16O3. The van der Waals surface area contributed by atoms with Crippen molar-refractivity contribution in [1.29, 1.82) is 0 Å². The van der Waals surface area contributed by atoms with Crippen LogP contribution < -0.4 is 0 Å². The molecule has 82 valence electrons. The van der Waals surface area contributed by atoms with Crippen LogP contribution in [0.5, 0.6) is 0 Å². The zero-order valence-electron chi connectivity index (χ0n) is 8.78. The Morgan fingerprint density at radius 1 is 0.667 bits per heavy atom. The highest BCUT2D eigenvalue weighted by Gasteiger charge is 2.03. The molecule has 0 spiro atoms. The van der Waals surface area contributed by atoms with E-state index in [-0.39, 0.29) is 0 Å². The predicted octanol–water partition coefficient (Wildman–Crippen LogP) is 1.75. The molecule has 0 radical (unpaired) electrons. The van der Waals surface area contributed by atoms with E-state index in [4.69, 9.17) is 14.2 Å². The summed E-state index contributed by atoms with van der Waals surface area (Å²) >= 11 is 0. The van der Waals surface area contributed by atoms with Crippen molar-refractivity contribution in [3.05, 3.63) is 35.4 Å². The fourth-order valence-electron chi connectivity index (χ4n) is 1.54. The Bertz CT molecular complexity index is 270. The highest BCUT2D eigenvalue weighted by Crippen LogP contribution is 2.11. The Labute approximate surface area is 90.0 Å². The molecule has 1 aromatic rings. The molecule has 0 unspecified atom stereocenters. The summed E-state index contributed by atoms with van der Waals surface area (Å²) in [6, 6.07) is 8.21. The largest absolute Gasteiger partial charge is 0.377 e. The molecule has 0 aromatic heterocycles. The number of hydrogen-bond acceptors (Lipinski definition) is 3. The van der Waals surface area contributed by atoms with Crippen molar-refractivity contribution >= 4 is 0 Å². The fraction of sp³-hybridized carbons (Fsp3) is 0.500. The molecule has 0 atom stereocenters. The third-order valence-corrected chi connectivity index (χ3v) is 2.38. The number of benzene rings is 1. The van der Waals surface area contributed by atoms with Crippen LogP contribution in [0.15, 0.2) is 24.3 Å². The van der Waals surface area contributed by atoms with Crippen LogP contribution in [0, 0.1) is 0 Å². The minimum Gasteiger partial charge on any atom is -0.377 e. The van der Waals surface area contributed by atoms with Crippen LogP contribution in [0.3, 0.4) is 0 Å². The predicted molar refractivity (Wildman–Crippen MR) is 56.6 cm³/mol. The van der Waals surface area contributed by atoms with Gasteiger partial charge in [-0.05, 0) is 11.1 Å². The first kappa shape index (κ1) is 10.6. The Hall–Kier alpha value is -0.900. The van der Waals surface area contributed by atoms with E-state index in [1.54, 1.807) is 0 Å². The molecule has 0 aliphatic carbocycles. The number of fused-ring (bicyclic) bond motifs is 1. The van der Waals surface area contributed by atoms with Gasteiger partial charge in [0.2, 0.25) is 0 Å². The van der Waals surface area contributed by atoms with Crippen molar-refractivity contribution in [2.24, 2.45) is 0 Å². The minimum atomic E-state index is 0.642. The summed E-state index contributed by atoms with van der Waals surface area (Å²) in [5.74, 6) is 0. The molecule has 0 amide bonds. The zero-order chi connectivity index (χ0) is 10.3. The van der Waals surface area contributed by atoms with Gasteiger partial charge in [0, 0.05) is 0 Å². The summed E-state index contributed by atoms with van der Waals surface area (Å²) in [5.41, 5.74) is 2.42. The lowest BCUT2D eigenvalue weighted by atomic mass is 10.1. The highest BCUT2D eigenvalue weighted by atomic mass is 16.5. The first-order valence-electron chi connectivity index (χ1n) is 5.27.